The van der Waals surface area contributed by atoms with Gasteiger partial charge in [0.15, 0.2) is 0 Å². The Bertz CT molecular complexity index is 899. The van der Waals surface area contributed by atoms with Crippen LogP contribution in [-0.4, -0.2) is 36.3 Å². The summed E-state index contributed by atoms with van der Waals surface area (Å²) in [5.41, 5.74) is 1.23. The number of carbonyl (C=O) groups is 1. The first-order valence-electron chi connectivity index (χ1n) is 11.2. The van der Waals surface area contributed by atoms with Crippen LogP contribution in [0.25, 0.3) is 0 Å². The van der Waals surface area contributed by atoms with Gasteiger partial charge in [0.1, 0.15) is 11.8 Å². The summed E-state index contributed by atoms with van der Waals surface area (Å²) in [6.07, 6.45) is 5.71. The maximum Gasteiger partial charge on any atom is 0.231 e. The Hall–Kier alpha value is -2.43. The van der Waals surface area contributed by atoms with Crippen LogP contribution in [0.5, 0.6) is 0 Å². The Morgan fingerprint density at radius 3 is 2.45 bits per heavy atom. The molecule has 4 rings (SSSR count). The third-order valence-electron chi connectivity index (χ3n) is 6.99. The largest absolute Gasteiger partial charge is 0.382 e. The van der Waals surface area contributed by atoms with Gasteiger partial charge < -0.3 is 14.4 Å². The molecule has 31 heavy (non-hydrogen) atoms. The molecule has 2 aliphatic rings. The first kappa shape index (κ1) is 21.8. The number of ether oxygens (including phenoxy) is 2. The van der Waals surface area contributed by atoms with Crippen molar-refractivity contribution >= 4 is 5.91 Å². The topological polar surface area (TPSA) is 38.8 Å². The van der Waals surface area contributed by atoms with Crippen molar-refractivity contribution in [2.24, 2.45) is 5.41 Å². The number of amides is 1. The van der Waals surface area contributed by atoms with Crippen LogP contribution >= 0.6 is 0 Å². The van der Waals surface area contributed by atoms with Crippen LogP contribution in [0, 0.1) is 5.41 Å². The fraction of sp³-hybridized carbons (Fsp3) is 0.444. The van der Waals surface area contributed by atoms with E-state index in [0.717, 1.165) is 37.7 Å². The number of nitrogens with zero attached hydrogens (tertiary/aromatic N) is 1. The Morgan fingerprint density at radius 2 is 1.81 bits per heavy atom. The number of rotatable bonds is 8. The number of allylic oxidation sites excluding steroid dienone is 1. The molecule has 2 aromatic rings. The molecule has 4 heteroatoms. The highest BCUT2D eigenvalue weighted by Crippen LogP contribution is 2.52. The number of carbonyl (C=O) groups excluding carboxylic acids is 1. The lowest BCUT2D eigenvalue weighted by molar-refractivity contribution is -0.177. The molecule has 0 unspecified atom stereocenters. The van der Waals surface area contributed by atoms with Crippen molar-refractivity contribution in [1.82, 2.24) is 4.90 Å². The molecule has 0 N–H and O–H groups in total. The van der Waals surface area contributed by atoms with Crippen LogP contribution in [0.3, 0.4) is 0 Å². The van der Waals surface area contributed by atoms with Crippen LogP contribution in [0.4, 0.5) is 0 Å². The third-order valence-corrected chi connectivity index (χ3v) is 6.99. The second kappa shape index (κ2) is 8.97. The van der Waals surface area contributed by atoms with E-state index in [0.29, 0.717) is 6.61 Å². The molecule has 164 valence electrons. The highest BCUT2D eigenvalue weighted by molar-refractivity contribution is 5.85. The lowest BCUT2D eigenvalue weighted by Gasteiger charge is -2.49. The van der Waals surface area contributed by atoms with Crippen molar-refractivity contribution < 1.29 is 14.3 Å². The smallest absolute Gasteiger partial charge is 0.231 e. The summed E-state index contributed by atoms with van der Waals surface area (Å²) in [5, 5.41) is 0. The van der Waals surface area contributed by atoms with Gasteiger partial charge in [0.2, 0.25) is 5.91 Å². The zero-order valence-electron chi connectivity index (χ0n) is 18.6. The summed E-state index contributed by atoms with van der Waals surface area (Å²) in [6, 6.07) is 20.4. The van der Waals surface area contributed by atoms with Crippen LogP contribution < -0.4 is 0 Å². The maximum absolute atomic E-state index is 14.3. The summed E-state index contributed by atoms with van der Waals surface area (Å²) in [7, 11) is 1.70. The fourth-order valence-electron chi connectivity index (χ4n) is 5.39. The molecule has 0 spiro atoms. The first-order chi connectivity index (χ1) is 15.0. The van der Waals surface area contributed by atoms with Crippen molar-refractivity contribution in [3.8, 4) is 0 Å². The summed E-state index contributed by atoms with van der Waals surface area (Å²) in [5.74, 6) is 0.187. The molecule has 0 bridgehead atoms. The molecule has 0 aliphatic carbocycles. The SMILES string of the molecule is C=CCC[C@]1(Cc2ccccc2)CC[C@@]2(C)O[C@@H](c3ccccc3)[C@H](COC)N2C1=O. The van der Waals surface area contributed by atoms with Crippen molar-refractivity contribution in [2.45, 2.75) is 56.9 Å². The lowest BCUT2D eigenvalue weighted by Crippen LogP contribution is -2.61. The van der Waals surface area contributed by atoms with E-state index in [1.165, 1.54) is 5.56 Å². The minimum atomic E-state index is -0.616. The molecule has 2 saturated heterocycles. The van der Waals surface area contributed by atoms with Gasteiger partial charge in [0.25, 0.3) is 0 Å². The van der Waals surface area contributed by atoms with Gasteiger partial charge in [-0.05, 0) is 50.2 Å². The van der Waals surface area contributed by atoms with E-state index in [1.54, 1.807) is 7.11 Å². The Kier molecular flexibility index (Phi) is 6.31. The van der Waals surface area contributed by atoms with Crippen LogP contribution in [0.1, 0.15) is 49.8 Å². The minimum absolute atomic E-state index is 0.149. The van der Waals surface area contributed by atoms with Crippen LogP contribution in [0.15, 0.2) is 73.3 Å². The van der Waals surface area contributed by atoms with Gasteiger partial charge in [-0.25, -0.2) is 0 Å². The second-order valence-corrected chi connectivity index (χ2v) is 9.09. The molecule has 2 aliphatic heterocycles. The molecule has 2 heterocycles. The molecule has 4 atom stereocenters. The number of benzene rings is 2. The van der Waals surface area contributed by atoms with Crippen molar-refractivity contribution in [2.75, 3.05) is 13.7 Å². The van der Waals surface area contributed by atoms with Gasteiger partial charge in [-0.2, -0.15) is 0 Å². The van der Waals surface area contributed by atoms with Crippen molar-refractivity contribution in [3.63, 3.8) is 0 Å². The second-order valence-electron chi connectivity index (χ2n) is 9.09. The van der Waals surface area contributed by atoms with E-state index in [2.05, 4.69) is 37.8 Å². The van der Waals surface area contributed by atoms with Gasteiger partial charge in [-0.3, -0.25) is 4.79 Å². The molecular formula is C27H33NO3. The average Bonchev–Trinajstić information content (AvgIpc) is 3.09. The molecular weight excluding hydrogens is 386 g/mol. The van der Waals surface area contributed by atoms with E-state index in [9.17, 15) is 4.79 Å². The zero-order valence-corrected chi connectivity index (χ0v) is 18.6. The minimum Gasteiger partial charge on any atom is -0.382 e. The van der Waals surface area contributed by atoms with Gasteiger partial charge in [0, 0.05) is 7.11 Å². The number of methoxy groups -OCH3 is 1. The standard InChI is InChI=1S/C27H33NO3/c1-4-5-16-27(19-21-12-8-6-9-13-21)18-17-26(2)28(25(27)29)23(20-30-3)24(31-26)22-14-10-7-11-15-22/h4,6-15,23-24H,1,5,16-20H2,2-3H3/t23-,24-,26+,27+/m0/s1. The summed E-state index contributed by atoms with van der Waals surface area (Å²) < 4.78 is 12.2. The molecule has 2 fully saturated rings. The number of hydrogen-bond donors (Lipinski definition) is 0. The Labute approximate surface area is 185 Å². The molecule has 4 nitrogen and oxygen atoms in total. The molecule has 1 amide bonds. The predicted octanol–water partition coefficient (Wildman–Crippen LogP) is 5.31. The average molecular weight is 420 g/mol. The molecule has 0 aromatic heterocycles. The van der Waals surface area contributed by atoms with Gasteiger partial charge in [0.05, 0.1) is 18.1 Å². The lowest BCUT2D eigenvalue weighted by atomic mass is 9.69. The van der Waals surface area contributed by atoms with E-state index < -0.39 is 11.1 Å². The first-order valence-corrected chi connectivity index (χ1v) is 11.2. The monoisotopic (exact) mass is 419 g/mol. The quantitative estimate of drug-likeness (QED) is 0.545. The highest BCUT2D eigenvalue weighted by Gasteiger charge is 2.60. The number of piperidine rings is 1. The predicted molar refractivity (Wildman–Crippen MR) is 122 cm³/mol. The molecule has 2 aromatic carbocycles. The van der Waals surface area contributed by atoms with Crippen LogP contribution in [-0.2, 0) is 20.7 Å². The zero-order chi connectivity index (χ0) is 21.9. The van der Waals surface area contributed by atoms with E-state index >= 15 is 0 Å². The number of fused-ring (bicyclic) bond motifs is 1. The normalized spacial score (nSPS) is 30.3. The van der Waals surface area contributed by atoms with E-state index in [1.807, 2.05) is 47.4 Å². The number of hydrogen-bond acceptors (Lipinski definition) is 3. The van der Waals surface area contributed by atoms with E-state index in [-0.39, 0.29) is 18.1 Å². The third kappa shape index (κ3) is 4.07. The fourth-order valence-corrected chi connectivity index (χ4v) is 5.39. The summed E-state index contributed by atoms with van der Waals surface area (Å²) >= 11 is 0. The van der Waals surface area contributed by atoms with Crippen molar-refractivity contribution in [3.05, 3.63) is 84.4 Å². The van der Waals surface area contributed by atoms with Gasteiger partial charge in [-0.1, -0.05) is 66.7 Å². The molecule has 0 radical (unpaired) electrons. The maximum atomic E-state index is 14.3. The Balaban J connectivity index is 1.71. The Morgan fingerprint density at radius 1 is 1.13 bits per heavy atom. The summed E-state index contributed by atoms with van der Waals surface area (Å²) in [6.45, 7) is 6.43. The molecule has 0 saturated carbocycles. The van der Waals surface area contributed by atoms with Crippen molar-refractivity contribution in [1.29, 1.82) is 0 Å². The van der Waals surface area contributed by atoms with E-state index in [4.69, 9.17) is 9.47 Å². The van der Waals surface area contributed by atoms with Crippen LogP contribution in [0.2, 0.25) is 0 Å². The summed E-state index contributed by atoms with van der Waals surface area (Å²) in [4.78, 5) is 16.3. The van der Waals surface area contributed by atoms with Gasteiger partial charge in [-0.15, -0.1) is 6.58 Å². The van der Waals surface area contributed by atoms with Gasteiger partial charge >= 0.3 is 0 Å². The highest BCUT2D eigenvalue weighted by atomic mass is 16.6.